The zero-order valence-electron chi connectivity index (χ0n) is 10.3. The lowest BCUT2D eigenvalue weighted by Gasteiger charge is -2.17. The number of hydrogen-bond acceptors (Lipinski definition) is 5. The molecule has 3 rings (SSSR count). The zero-order valence-corrected chi connectivity index (χ0v) is 11.1. The first-order chi connectivity index (χ1) is 8.92. The van der Waals surface area contributed by atoms with Gasteiger partial charge in [0.1, 0.15) is 6.26 Å². The van der Waals surface area contributed by atoms with Crippen molar-refractivity contribution in [2.45, 2.75) is 13.0 Å². The van der Waals surface area contributed by atoms with Gasteiger partial charge in [-0.05, 0) is 31.0 Å². The van der Waals surface area contributed by atoms with Gasteiger partial charge in [0.05, 0.1) is 10.6 Å². The van der Waals surface area contributed by atoms with Gasteiger partial charge in [-0.15, -0.1) is 11.3 Å². The first-order valence-corrected chi connectivity index (χ1v) is 7.21. The van der Waals surface area contributed by atoms with E-state index in [9.17, 15) is 0 Å². The van der Waals surface area contributed by atoms with Crippen LogP contribution in [0.15, 0.2) is 28.2 Å². The molecule has 2 aromatic heterocycles. The van der Waals surface area contributed by atoms with Gasteiger partial charge in [0, 0.05) is 19.6 Å². The lowest BCUT2D eigenvalue weighted by Crippen LogP contribution is -2.27. The molecule has 0 spiro atoms. The van der Waals surface area contributed by atoms with Crippen molar-refractivity contribution in [3.63, 3.8) is 0 Å². The lowest BCUT2D eigenvalue weighted by molar-refractivity contribution is 0.281. The number of oxazole rings is 1. The number of thiophene rings is 1. The Hall–Kier alpha value is -1.17. The molecule has 0 amide bonds. The molecule has 0 atom stereocenters. The topological polar surface area (TPSA) is 41.3 Å². The van der Waals surface area contributed by atoms with Gasteiger partial charge >= 0.3 is 0 Å². The highest BCUT2D eigenvalue weighted by molar-refractivity contribution is 7.13. The minimum Gasteiger partial charge on any atom is -0.444 e. The van der Waals surface area contributed by atoms with E-state index in [4.69, 9.17) is 4.42 Å². The average molecular weight is 263 g/mol. The predicted octanol–water partition coefficient (Wildman–Crippen LogP) is 2.20. The Balaban J connectivity index is 1.66. The summed E-state index contributed by atoms with van der Waals surface area (Å²) in [5, 5.41) is 5.45. The molecule has 1 fully saturated rings. The summed E-state index contributed by atoms with van der Waals surface area (Å²) >= 11 is 1.66. The molecule has 0 saturated carbocycles. The van der Waals surface area contributed by atoms with Gasteiger partial charge < -0.3 is 9.73 Å². The number of nitrogens with one attached hydrogen (secondary N) is 1. The molecule has 18 heavy (non-hydrogen) atoms. The SMILES string of the molecule is c1csc(-c2nc(CN3CCCNCC3)co2)c1. The van der Waals surface area contributed by atoms with Crippen LogP contribution in [-0.2, 0) is 6.54 Å². The molecule has 0 unspecified atom stereocenters. The predicted molar refractivity (Wildman–Crippen MR) is 72.6 cm³/mol. The van der Waals surface area contributed by atoms with Crippen LogP contribution < -0.4 is 5.32 Å². The fourth-order valence-electron chi connectivity index (χ4n) is 2.18. The maximum absolute atomic E-state index is 5.54. The molecule has 0 aliphatic carbocycles. The summed E-state index contributed by atoms with van der Waals surface area (Å²) in [6.45, 7) is 5.29. The number of hydrogen-bond donors (Lipinski definition) is 1. The van der Waals surface area contributed by atoms with Crippen molar-refractivity contribution in [3.05, 3.63) is 29.5 Å². The van der Waals surface area contributed by atoms with Gasteiger partial charge in [-0.25, -0.2) is 4.98 Å². The summed E-state index contributed by atoms with van der Waals surface area (Å²) in [7, 11) is 0. The number of aromatic nitrogens is 1. The second-order valence-corrected chi connectivity index (χ2v) is 5.45. The summed E-state index contributed by atoms with van der Waals surface area (Å²) in [5.41, 5.74) is 1.03. The maximum Gasteiger partial charge on any atom is 0.236 e. The van der Waals surface area contributed by atoms with E-state index in [0.717, 1.165) is 49.2 Å². The fraction of sp³-hybridized carbons (Fsp3) is 0.462. The van der Waals surface area contributed by atoms with Crippen LogP contribution in [0.4, 0.5) is 0 Å². The van der Waals surface area contributed by atoms with Crippen LogP contribution in [0.3, 0.4) is 0 Å². The second-order valence-electron chi connectivity index (χ2n) is 4.50. The number of nitrogens with zero attached hydrogens (tertiary/aromatic N) is 2. The molecule has 0 bridgehead atoms. The van der Waals surface area contributed by atoms with Gasteiger partial charge in [-0.1, -0.05) is 6.07 Å². The molecule has 0 radical (unpaired) electrons. The Kier molecular flexibility index (Phi) is 3.73. The van der Waals surface area contributed by atoms with E-state index in [1.165, 1.54) is 6.42 Å². The Bertz CT molecular complexity index is 472. The van der Waals surface area contributed by atoms with Crippen molar-refractivity contribution in [2.75, 3.05) is 26.2 Å². The molecule has 3 heterocycles. The third-order valence-electron chi connectivity index (χ3n) is 3.10. The Morgan fingerprint density at radius 2 is 2.39 bits per heavy atom. The van der Waals surface area contributed by atoms with Gasteiger partial charge in [0.25, 0.3) is 0 Å². The van der Waals surface area contributed by atoms with Gasteiger partial charge in [0.2, 0.25) is 5.89 Å². The molecule has 5 heteroatoms. The maximum atomic E-state index is 5.54. The van der Waals surface area contributed by atoms with E-state index in [1.807, 2.05) is 17.5 Å². The molecular weight excluding hydrogens is 246 g/mol. The highest BCUT2D eigenvalue weighted by Gasteiger charge is 2.12. The van der Waals surface area contributed by atoms with Gasteiger partial charge in [0.15, 0.2) is 0 Å². The van der Waals surface area contributed by atoms with E-state index >= 15 is 0 Å². The third-order valence-corrected chi connectivity index (χ3v) is 3.96. The Morgan fingerprint density at radius 3 is 3.28 bits per heavy atom. The van der Waals surface area contributed by atoms with Crippen molar-refractivity contribution in [2.24, 2.45) is 0 Å². The van der Waals surface area contributed by atoms with Crippen LogP contribution >= 0.6 is 11.3 Å². The summed E-state index contributed by atoms with van der Waals surface area (Å²) in [6.07, 6.45) is 2.99. The molecule has 2 aromatic rings. The Morgan fingerprint density at radius 1 is 1.39 bits per heavy atom. The fourth-order valence-corrected chi connectivity index (χ4v) is 2.84. The summed E-state index contributed by atoms with van der Waals surface area (Å²) in [5.74, 6) is 0.743. The average Bonchev–Trinajstić information content (AvgIpc) is 2.98. The zero-order chi connectivity index (χ0) is 12.2. The second kappa shape index (κ2) is 5.65. The smallest absolute Gasteiger partial charge is 0.236 e. The summed E-state index contributed by atoms with van der Waals surface area (Å²) in [4.78, 5) is 8.08. The summed E-state index contributed by atoms with van der Waals surface area (Å²) in [6, 6.07) is 4.06. The number of rotatable bonds is 3. The van der Waals surface area contributed by atoms with Crippen molar-refractivity contribution in [1.82, 2.24) is 15.2 Å². The molecule has 1 aliphatic rings. The van der Waals surface area contributed by atoms with Crippen LogP contribution in [0.1, 0.15) is 12.1 Å². The standard InChI is InChI=1S/C13H17N3OS/c1-3-12(18-8-1)13-15-11(10-17-13)9-16-6-2-4-14-5-7-16/h1,3,8,10,14H,2,4-7,9H2. The third kappa shape index (κ3) is 2.80. The van der Waals surface area contributed by atoms with E-state index < -0.39 is 0 Å². The Labute approximate surface area is 111 Å². The molecular formula is C13H17N3OS. The van der Waals surface area contributed by atoms with E-state index in [-0.39, 0.29) is 0 Å². The lowest BCUT2D eigenvalue weighted by atomic mass is 10.3. The molecule has 96 valence electrons. The van der Waals surface area contributed by atoms with Crippen molar-refractivity contribution >= 4 is 11.3 Å². The normalized spacial score (nSPS) is 17.8. The van der Waals surface area contributed by atoms with Crippen LogP contribution in [0.5, 0.6) is 0 Å². The van der Waals surface area contributed by atoms with E-state index in [1.54, 1.807) is 17.6 Å². The minimum absolute atomic E-state index is 0.743. The molecule has 4 nitrogen and oxygen atoms in total. The highest BCUT2D eigenvalue weighted by atomic mass is 32.1. The van der Waals surface area contributed by atoms with Crippen LogP contribution in [0.25, 0.3) is 10.8 Å². The monoisotopic (exact) mass is 263 g/mol. The largest absolute Gasteiger partial charge is 0.444 e. The first kappa shape index (κ1) is 11.9. The molecule has 1 N–H and O–H groups in total. The van der Waals surface area contributed by atoms with E-state index in [2.05, 4.69) is 15.2 Å². The molecule has 0 aromatic carbocycles. The minimum atomic E-state index is 0.743. The highest BCUT2D eigenvalue weighted by Crippen LogP contribution is 2.23. The van der Waals surface area contributed by atoms with E-state index in [0.29, 0.717) is 0 Å². The van der Waals surface area contributed by atoms with Gasteiger partial charge in [-0.3, -0.25) is 4.90 Å². The van der Waals surface area contributed by atoms with Crippen LogP contribution in [0, 0.1) is 0 Å². The van der Waals surface area contributed by atoms with Gasteiger partial charge in [-0.2, -0.15) is 0 Å². The summed E-state index contributed by atoms with van der Waals surface area (Å²) < 4.78 is 5.54. The quantitative estimate of drug-likeness (QED) is 0.921. The molecule has 1 aliphatic heterocycles. The molecule has 1 saturated heterocycles. The van der Waals surface area contributed by atoms with Crippen LogP contribution in [-0.4, -0.2) is 36.1 Å². The van der Waals surface area contributed by atoms with Crippen molar-refractivity contribution < 1.29 is 4.42 Å². The van der Waals surface area contributed by atoms with Crippen molar-refractivity contribution in [1.29, 1.82) is 0 Å². The van der Waals surface area contributed by atoms with Crippen molar-refractivity contribution in [3.8, 4) is 10.8 Å². The first-order valence-electron chi connectivity index (χ1n) is 6.33. The van der Waals surface area contributed by atoms with Crippen LogP contribution in [0.2, 0.25) is 0 Å².